The number of hydrogen-bond donors (Lipinski definition) is 2. The van der Waals surface area contributed by atoms with Crippen molar-refractivity contribution < 1.29 is 9.53 Å². The Balaban J connectivity index is 1.50. The van der Waals surface area contributed by atoms with E-state index in [0.29, 0.717) is 19.1 Å². The van der Waals surface area contributed by atoms with Crippen molar-refractivity contribution in [3.63, 3.8) is 0 Å². The molecule has 114 valence electrons. The largest absolute Gasteiger partial charge is 0.445 e. The zero-order chi connectivity index (χ0) is 15.2. The lowest BCUT2D eigenvalue weighted by Crippen LogP contribution is -2.31. The van der Waals surface area contributed by atoms with Crippen LogP contribution in [0.4, 0.5) is 10.5 Å². The molecule has 0 radical (unpaired) electrons. The molecule has 0 fully saturated rings. The highest BCUT2D eigenvalue weighted by Crippen LogP contribution is 2.30. The molecule has 2 aromatic rings. The van der Waals surface area contributed by atoms with Crippen LogP contribution >= 0.6 is 0 Å². The number of carbonyl (C=O) groups is 1. The fourth-order valence-corrected chi connectivity index (χ4v) is 2.74. The van der Waals surface area contributed by atoms with Crippen LogP contribution in [0.1, 0.15) is 23.5 Å². The van der Waals surface area contributed by atoms with E-state index >= 15 is 0 Å². The van der Waals surface area contributed by atoms with Gasteiger partial charge in [-0.1, -0.05) is 48.5 Å². The van der Waals surface area contributed by atoms with Gasteiger partial charge in [0.25, 0.3) is 0 Å². The van der Waals surface area contributed by atoms with Gasteiger partial charge in [0, 0.05) is 24.7 Å². The Morgan fingerprint density at radius 1 is 1.14 bits per heavy atom. The third kappa shape index (κ3) is 3.58. The highest BCUT2D eigenvalue weighted by Gasteiger charge is 2.20. The van der Waals surface area contributed by atoms with Gasteiger partial charge >= 0.3 is 6.09 Å². The molecule has 3 rings (SSSR count). The molecule has 1 unspecified atom stereocenters. The Hall–Kier alpha value is -2.49. The summed E-state index contributed by atoms with van der Waals surface area (Å²) >= 11 is 0. The third-order valence-electron chi connectivity index (χ3n) is 3.91. The molecule has 22 heavy (non-hydrogen) atoms. The highest BCUT2D eigenvalue weighted by atomic mass is 16.5. The van der Waals surface area contributed by atoms with E-state index in [1.165, 1.54) is 11.3 Å². The molecule has 4 nitrogen and oxygen atoms in total. The van der Waals surface area contributed by atoms with Gasteiger partial charge in [0.2, 0.25) is 0 Å². The quantitative estimate of drug-likeness (QED) is 0.907. The molecule has 0 bridgehead atoms. The molecular formula is C18H20N2O2. The van der Waals surface area contributed by atoms with Gasteiger partial charge in [-0.25, -0.2) is 4.79 Å². The van der Waals surface area contributed by atoms with Gasteiger partial charge in [-0.3, -0.25) is 0 Å². The number of para-hydroxylation sites is 1. The average molecular weight is 296 g/mol. The van der Waals surface area contributed by atoms with Crippen molar-refractivity contribution in [3.8, 4) is 0 Å². The maximum atomic E-state index is 11.8. The van der Waals surface area contributed by atoms with Crippen LogP contribution in [0.3, 0.4) is 0 Å². The number of hydrogen-bond acceptors (Lipinski definition) is 3. The van der Waals surface area contributed by atoms with Crippen LogP contribution in [-0.4, -0.2) is 19.2 Å². The van der Waals surface area contributed by atoms with Gasteiger partial charge in [0.1, 0.15) is 6.61 Å². The van der Waals surface area contributed by atoms with Crippen LogP contribution in [0, 0.1) is 0 Å². The molecule has 4 heteroatoms. The molecular weight excluding hydrogens is 276 g/mol. The number of fused-ring (bicyclic) bond motifs is 1. The highest BCUT2D eigenvalue weighted by molar-refractivity contribution is 5.67. The number of anilines is 1. The second kappa shape index (κ2) is 6.98. The molecule has 0 saturated carbocycles. The molecule has 0 saturated heterocycles. The summed E-state index contributed by atoms with van der Waals surface area (Å²) < 4.78 is 5.24. The summed E-state index contributed by atoms with van der Waals surface area (Å²) in [7, 11) is 0. The van der Waals surface area contributed by atoms with Crippen molar-refractivity contribution in [1.82, 2.24) is 5.32 Å². The van der Waals surface area contributed by atoms with Crippen LogP contribution in [-0.2, 0) is 11.3 Å². The Morgan fingerprint density at radius 2 is 1.91 bits per heavy atom. The van der Waals surface area contributed by atoms with Gasteiger partial charge in [0.15, 0.2) is 0 Å². The summed E-state index contributed by atoms with van der Waals surface area (Å²) in [5.41, 5.74) is 3.42. The standard InChI is InChI=1S/C18H20N2O2/c21-18(22-13-14-6-2-1-3-7-14)20-12-15-10-11-19-17-9-5-4-8-16(15)17/h1-9,15,19H,10-13H2,(H,20,21). The summed E-state index contributed by atoms with van der Waals surface area (Å²) in [5.74, 6) is 0.335. The van der Waals surface area contributed by atoms with Crippen molar-refractivity contribution in [2.75, 3.05) is 18.4 Å². The molecule has 1 heterocycles. The number of amides is 1. The molecule has 1 aliphatic rings. The SMILES string of the molecule is O=C(NCC1CCNc2ccccc21)OCc1ccccc1. The first-order valence-corrected chi connectivity index (χ1v) is 7.60. The maximum absolute atomic E-state index is 11.8. The number of carbonyl (C=O) groups excluding carboxylic acids is 1. The number of alkyl carbamates (subject to hydrolysis) is 1. The summed E-state index contributed by atoms with van der Waals surface area (Å²) in [6.07, 6.45) is 0.649. The summed E-state index contributed by atoms with van der Waals surface area (Å²) in [6, 6.07) is 17.9. The second-order valence-electron chi connectivity index (χ2n) is 5.44. The molecule has 0 aromatic heterocycles. The molecule has 0 spiro atoms. The predicted octanol–water partition coefficient (Wildman–Crippen LogP) is 3.51. The summed E-state index contributed by atoms with van der Waals surface area (Å²) in [5, 5.41) is 6.26. The Bertz CT molecular complexity index is 628. The fourth-order valence-electron chi connectivity index (χ4n) is 2.74. The monoisotopic (exact) mass is 296 g/mol. The van der Waals surface area contributed by atoms with Crippen LogP contribution in [0.15, 0.2) is 54.6 Å². The zero-order valence-corrected chi connectivity index (χ0v) is 12.4. The van der Waals surface area contributed by atoms with Gasteiger partial charge < -0.3 is 15.4 Å². The van der Waals surface area contributed by atoms with Crippen molar-refractivity contribution in [3.05, 3.63) is 65.7 Å². The smallest absolute Gasteiger partial charge is 0.407 e. The van der Waals surface area contributed by atoms with Crippen molar-refractivity contribution in [2.45, 2.75) is 18.9 Å². The minimum Gasteiger partial charge on any atom is -0.445 e. The number of ether oxygens (including phenoxy) is 1. The maximum Gasteiger partial charge on any atom is 0.407 e. The van der Waals surface area contributed by atoms with E-state index in [-0.39, 0.29) is 6.09 Å². The molecule has 1 aliphatic heterocycles. The first-order valence-electron chi connectivity index (χ1n) is 7.60. The van der Waals surface area contributed by atoms with Crippen LogP contribution in [0.25, 0.3) is 0 Å². The molecule has 1 amide bonds. The predicted molar refractivity (Wildman–Crippen MR) is 86.9 cm³/mol. The second-order valence-corrected chi connectivity index (χ2v) is 5.44. The van der Waals surface area contributed by atoms with Crippen molar-refractivity contribution in [1.29, 1.82) is 0 Å². The minimum absolute atomic E-state index is 0.301. The Labute approximate surface area is 130 Å². The van der Waals surface area contributed by atoms with Gasteiger partial charge in [-0.2, -0.15) is 0 Å². The first kappa shape index (κ1) is 14.4. The van der Waals surface area contributed by atoms with E-state index < -0.39 is 0 Å². The van der Waals surface area contributed by atoms with Gasteiger partial charge in [-0.05, 0) is 23.6 Å². The normalized spacial score (nSPS) is 16.3. The van der Waals surface area contributed by atoms with E-state index in [4.69, 9.17) is 4.74 Å². The Kier molecular flexibility index (Phi) is 4.59. The molecule has 0 aliphatic carbocycles. The number of benzene rings is 2. The van der Waals surface area contributed by atoms with Crippen LogP contribution in [0.2, 0.25) is 0 Å². The lowest BCUT2D eigenvalue weighted by molar-refractivity contribution is 0.139. The van der Waals surface area contributed by atoms with E-state index in [0.717, 1.165) is 18.5 Å². The van der Waals surface area contributed by atoms with Crippen LogP contribution < -0.4 is 10.6 Å². The molecule has 2 aromatic carbocycles. The minimum atomic E-state index is -0.361. The lowest BCUT2D eigenvalue weighted by atomic mass is 9.91. The Morgan fingerprint density at radius 3 is 2.77 bits per heavy atom. The van der Waals surface area contributed by atoms with E-state index in [1.807, 2.05) is 42.5 Å². The molecule has 1 atom stereocenters. The van der Waals surface area contributed by atoms with Gasteiger partial charge in [0.05, 0.1) is 0 Å². The summed E-state index contributed by atoms with van der Waals surface area (Å²) in [4.78, 5) is 11.8. The van der Waals surface area contributed by atoms with Crippen molar-refractivity contribution in [2.24, 2.45) is 0 Å². The average Bonchev–Trinajstić information content (AvgIpc) is 2.59. The number of rotatable bonds is 4. The van der Waals surface area contributed by atoms with Gasteiger partial charge in [-0.15, -0.1) is 0 Å². The van der Waals surface area contributed by atoms with E-state index in [1.54, 1.807) is 0 Å². The number of nitrogens with one attached hydrogen (secondary N) is 2. The van der Waals surface area contributed by atoms with E-state index in [9.17, 15) is 4.79 Å². The molecule has 2 N–H and O–H groups in total. The lowest BCUT2D eigenvalue weighted by Gasteiger charge is -2.26. The van der Waals surface area contributed by atoms with Crippen LogP contribution in [0.5, 0.6) is 0 Å². The first-order chi connectivity index (χ1) is 10.8. The summed E-state index contributed by atoms with van der Waals surface area (Å²) in [6.45, 7) is 1.84. The fraction of sp³-hybridized carbons (Fsp3) is 0.278. The van der Waals surface area contributed by atoms with E-state index in [2.05, 4.69) is 22.8 Å². The zero-order valence-electron chi connectivity index (χ0n) is 12.4. The van der Waals surface area contributed by atoms with Crippen molar-refractivity contribution >= 4 is 11.8 Å². The topological polar surface area (TPSA) is 50.4 Å². The third-order valence-corrected chi connectivity index (χ3v) is 3.91.